The number of nitro groups is 1. The van der Waals surface area contributed by atoms with Gasteiger partial charge >= 0.3 is 0 Å². The van der Waals surface area contributed by atoms with E-state index in [1.807, 2.05) is 0 Å². The van der Waals surface area contributed by atoms with Crippen LogP contribution in [0, 0.1) is 10.1 Å². The molecule has 2 heterocycles. The number of primary amides is 1. The van der Waals surface area contributed by atoms with Crippen LogP contribution in [-0.4, -0.2) is 20.8 Å². The fourth-order valence-electron chi connectivity index (χ4n) is 1.53. The molecule has 0 bridgehead atoms. The van der Waals surface area contributed by atoms with Crippen LogP contribution in [0.5, 0.6) is 0 Å². The van der Waals surface area contributed by atoms with Crippen LogP contribution in [0.25, 0.3) is 0 Å². The molecule has 7 nitrogen and oxygen atoms in total. The zero-order valence-corrected chi connectivity index (χ0v) is 13.8. The van der Waals surface area contributed by atoms with E-state index in [4.69, 9.17) is 5.73 Å². The van der Waals surface area contributed by atoms with E-state index < -0.39 is 10.8 Å². The van der Waals surface area contributed by atoms with Gasteiger partial charge in [-0.3, -0.25) is 14.9 Å². The normalized spacial score (nSPS) is 11.4. The number of thiazole rings is 1. The van der Waals surface area contributed by atoms with E-state index in [0.717, 1.165) is 17.1 Å². The minimum atomic E-state index is -0.758. The van der Waals surface area contributed by atoms with Crippen LogP contribution >= 0.6 is 23.1 Å². The Morgan fingerprint density at radius 1 is 1.36 bits per heavy atom. The molecule has 0 saturated carbocycles. The lowest BCUT2D eigenvalue weighted by atomic mass is 9.96. The van der Waals surface area contributed by atoms with Crippen molar-refractivity contribution in [3.8, 4) is 0 Å². The Bertz CT molecular complexity index is 737. The van der Waals surface area contributed by atoms with Crippen molar-refractivity contribution in [2.75, 3.05) is 0 Å². The molecule has 1 amide bonds. The first-order chi connectivity index (χ1) is 10.2. The Morgan fingerprint density at radius 3 is 2.55 bits per heavy atom. The number of nitrogens with zero attached hydrogens (tertiary/aromatic N) is 3. The first-order valence-corrected chi connectivity index (χ1v) is 7.90. The maximum absolute atomic E-state index is 11.5. The van der Waals surface area contributed by atoms with Gasteiger partial charge in [0.15, 0.2) is 4.34 Å². The van der Waals surface area contributed by atoms with Gasteiger partial charge in [-0.2, -0.15) is 0 Å². The largest absolute Gasteiger partial charge is 0.366 e. The lowest BCUT2D eigenvalue weighted by Crippen LogP contribution is -2.13. The SMILES string of the molecule is CC(C)(C)c1cnc(Sc2ncc([N+](=O)[O-])cc2C(N)=O)s1. The molecule has 0 saturated heterocycles. The van der Waals surface area contributed by atoms with E-state index in [0.29, 0.717) is 9.37 Å². The van der Waals surface area contributed by atoms with Gasteiger partial charge < -0.3 is 5.73 Å². The van der Waals surface area contributed by atoms with Crippen LogP contribution in [0.15, 0.2) is 27.8 Å². The van der Waals surface area contributed by atoms with E-state index in [2.05, 4.69) is 30.7 Å². The molecule has 0 atom stereocenters. The molecule has 0 aliphatic rings. The van der Waals surface area contributed by atoms with Gasteiger partial charge in [-0.1, -0.05) is 20.8 Å². The van der Waals surface area contributed by atoms with Crippen molar-refractivity contribution in [2.45, 2.75) is 35.6 Å². The summed E-state index contributed by atoms with van der Waals surface area (Å²) in [5.74, 6) is -0.758. The number of hydrogen-bond donors (Lipinski definition) is 1. The molecule has 0 unspecified atom stereocenters. The number of carbonyl (C=O) groups is 1. The molecule has 2 aromatic heterocycles. The quantitative estimate of drug-likeness (QED) is 0.677. The molecule has 0 spiro atoms. The molecule has 2 N–H and O–H groups in total. The Hall–Kier alpha value is -2.00. The number of hydrogen-bond acceptors (Lipinski definition) is 7. The average molecular weight is 338 g/mol. The van der Waals surface area contributed by atoms with Crippen LogP contribution in [0.3, 0.4) is 0 Å². The molecule has 0 aliphatic heterocycles. The van der Waals surface area contributed by atoms with Crippen LogP contribution in [-0.2, 0) is 5.41 Å². The van der Waals surface area contributed by atoms with E-state index >= 15 is 0 Å². The van der Waals surface area contributed by atoms with Gasteiger partial charge in [0.05, 0.1) is 10.5 Å². The summed E-state index contributed by atoms with van der Waals surface area (Å²) in [5, 5.41) is 11.1. The first-order valence-electron chi connectivity index (χ1n) is 6.27. The molecule has 2 aromatic rings. The highest BCUT2D eigenvalue weighted by Gasteiger charge is 2.21. The van der Waals surface area contributed by atoms with Gasteiger partial charge in [0, 0.05) is 17.1 Å². The van der Waals surface area contributed by atoms with E-state index in [1.54, 1.807) is 6.20 Å². The Kier molecular flexibility index (Phi) is 4.47. The van der Waals surface area contributed by atoms with Crippen molar-refractivity contribution in [2.24, 2.45) is 5.73 Å². The molecular weight excluding hydrogens is 324 g/mol. The molecule has 0 radical (unpaired) electrons. The highest BCUT2D eigenvalue weighted by molar-refractivity contribution is 8.01. The van der Waals surface area contributed by atoms with Gasteiger partial charge in [-0.15, -0.1) is 11.3 Å². The number of aromatic nitrogens is 2. The van der Waals surface area contributed by atoms with Gasteiger partial charge in [-0.25, -0.2) is 9.97 Å². The number of carbonyl (C=O) groups excluding carboxylic acids is 1. The minimum Gasteiger partial charge on any atom is -0.366 e. The molecule has 9 heteroatoms. The summed E-state index contributed by atoms with van der Waals surface area (Å²) >= 11 is 2.66. The third-order valence-electron chi connectivity index (χ3n) is 2.72. The van der Waals surface area contributed by atoms with Crippen molar-refractivity contribution in [1.29, 1.82) is 0 Å². The molecule has 0 fully saturated rings. The topological polar surface area (TPSA) is 112 Å². The Morgan fingerprint density at radius 2 is 2.05 bits per heavy atom. The van der Waals surface area contributed by atoms with Crippen LogP contribution in [0.4, 0.5) is 5.69 Å². The maximum atomic E-state index is 11.5. The second-order valence-corrected chi connectivity index (χ2v) is 7.78. The van der Waals surface area contributed by atoms with E-state index in [-0.39, 0.29) is 16.7 Å². The summed E-state index contributed by atoms with van der Waals surface area (Å²) in [6.07, 6.45) is 2.88. The Balaban J connectivity index is 2.35. The van der Waals surface area contributed by atoms with E-state index in [1.165, 1.54) is 23.1 Å². The second-order valence-electron chi connectivity index (χ2n) is 5.51. The fourth-order valence-corrected chi connectivity index (χ4v) is 3.56. The summed E-state index contributed by atoms with van der Waals surface area (Å²) in [6.45, 7) is 6.23. The van der Waals surface area contributed by atoms with Crippen molar-refractivity contribution in [1.82, 2.24) is 9.97 Å². The predicted molar refractivity (Wildman–Crippen MR) is 84.3 cm³/mol. The lowest BCUT2D eigenvalue weighted by molar-refractivity contribution is -0.385. The summed E-state index contributed by atoms with van der Waals surface area (Å²) in [5.41, 5.74) is 5.01. The standard InChI is InChI=1S/C13H14N4O3S2/c1-13(2,3)9-6-16-12(21-9)22-11-8(10(14)18)4-7(5-15-11)17(19)20/h4-6H,1-3H3,(H2,14,18). The van der Waals surface area contributed by atoms with Crippen LogP contribution in [0.1, 0.15) is 36.0 Å². The zero-order valence-electron chi connectivity index (χ0n) is 12.2. The van der Waals surface area contributed by atoms with Gasteiger partial charge in [0.25, 0.3) is 11.6 Å². The molecule has 116 valence electrons. The number of nitrogens with two attached hydrogens (primary N) is 1. The smallest absolute Gasteiger partial charge is 0.288 e. The monoisotopic (exact) mass is 338 g/mol. The van der Waals surface area contributed by atoms with Crippen molar-refractivity contribution >= 4 is 34.7 Å². The minimum absolute atomic E-state index is 0.0201. The second kappa shape index (κ2) is 6.01. The third kappa shape index (κ3) is 3.60. The van der Waals surface area contributed by atoms with Crippen molar-refractivity contribution < 1.29 is 9.72 Å². The Labute approximate surface area is 135 Å². The molecule has 0 aliphatic carbocycles. The van der Waals surface area contributed by atoms with Crippen molar-refractivity contribution in [3.05, 3.63) is 39.0 Å². The third-order valence-corrected chi connectivity index (χ3v) is 5.24. The summed E-state index contributed by atoms with van der Waals surface area (Å²) in [4.78, 5) is 31.0. The molecule has 22 heavy (non-hydrogen) atoms. The van der Waals surface area contributed by atoms with Gasteiger partial charge in [0.1, 0.15) is 11.2 Å². The van der Waals surface area contributed by atoms with Crippen LogP contribution < -0.4 is 5.73 Å². The van der Waals surface area contributed by atoms with Gasteiger partial charge in [0.2, 0.25) is 0 Å². The maximum Gasteiger partial charge on any atom is 0.288 e. The average Bonchev–Trinajstić information content (AvgIpc) is 2.87. The lowest BCUT2D eigenvalue weighted by Gasteiger charge is -2.14. The molecule has 0 aromatic carbocycles. The highest BCUT2D eigenvalue weighted by atomic mass is 32.2. The number of pyridine rings is 1. The van der Waals surface area contributed by atoms with Crippen molar-refractivity contribution in [3.63, 3.8) is 0 Å². The molecule has 2 rings (SSSR count). The number of rotatable bonds is 4. The summed E-state index contributed by atoms with van der Waals surface area (Å²) in [7, 11) is 0. The number of amides is 1. The highest BCUT2D eigenvalue weighted by Crippen LogP contribution is 2.36. The fraction of sp³-hybridized carbons (Fsp3) is 0.308. The van der Waals surface area contributed by atoms with Crippen LogP contribution in [0.2, 0.25) is 0 Å². The van der Waals surface area contributed by atoms with E-state index in [9.17, 15) is 14.9 Å². The predicted octanol–water partition coefficient (Wildman–Crippen LogP) is 2.99. The first kappa shape index (κ1) is 16.4. The zero-order chi connectivity index (χ0) is 16.5. The molecular formula is C13H14N4O3S2. The summed E-state index contributed by atoms with van der Waals surface area (Å²) < 4.78 is 0.703. The van der Waals surface area contributed by atoms with Gasteiger partial charge in [-0.05, 0) is 17.2 Å². The summed E-state index contributed by atoms with van der Waals surface area (Å²) in [6, 6.07) is 1.13.